The minimum Gasteiger partial charge on any atom is -0.488 e. The molecular weight excluding hydrogens is 434 g/mol. The predicted molar refractivity (Wildman–Crippen MR) is 129 cm³/mol. The average Bonchev–Trinajstić information content (AvgIpc) is 3.48. The van der Waals surface area contributed by atoms with Crippen LogP contribution in [-0.4, -0.2) is 52.8 Å². The van der Waals surface area contributed by atoms with Gasteiger partial charge in [-0.15, -0.1) is 11.3 Å². The molecule has 0 aliphatic carbocycles. The maximum atomic E-state index is 13.2. The van der Waals surface area contributed by atoms with E-state index in [2.05, 4.69) is 4.98 Å². The highest BCUT2D eigenvalue weighted by molar-refractivity contribution is 7.17. The highest BCUT2D eigenvalue weighted by Gasteiger charge is 2.28. The Hall–Kier alpha value is -3.58. The van der Waals surface area contributed by atoms with Gasteiger partial charge in [0.15, 0.2) is 0 Å². The number of hydrogen-bond donors (Lipinski definition) is 1. The Kier molecular flexibility index (Phi) is 4.91. The number of piperazine rings is 1. The van der Waals surface area contributed by atoms with Crippen molar-refractivity contribution in [3.8, 4) is 16.2 Å². The third-order valence-corrected chi connectivity index (χ3v) is 7.67. The van der Waals surface area contributed by atoms with Crippen LogP contribution in [-0.2, 0) is 17.8 Å². The molecule has 0 atom stereocenters. The Labute approximate surface area is 195 Å². The zero-order chi connectivity index (χ0) is 22.4. The number of carbonyl (C=O) groups excluding carboxylic acids is 2. The number of rotatable bonds is 3. The fourth-order valence-corrected chi connectivity index (χ4v) is 5.84. The first-order chi connectivity index (χ1) is 16.2. The Morgan fingerprint density at radius 2 is 1.73 bits per heavy atom. The predicted octanol–water partition coefficient (Wildman–Crippen LogP) is 4.32. The number of hydrogen-bond acceptors (Lipinski definition) is 4. The lowest BCUT2D eigenvalue weighted by Gasteiger charge is -2.34. The first kappa shape index (κ1) is 20.1. The minimum absolute atomic E-state index is 0.0376. The van der Waals surface area contributed by atoms with Crippen LogP contribution in [0.15, 0.2) is 60.8 Å². The van der Waals surface area contributed by atoms with Crippen LogP contribution >= 0.6 is 11.3 Å². The molecule has 1 saturated heterocycles. The molecule has 0 radical (unpaired) electrons. The highest BCUT2D eigenvalue weighted by atomic mass is 32.1. The number of carbonyl (C=O) groups is 2. The largest absolute Gasteiger partial charge is 0.488 e. The number of ether oxygens (including phenoxy) is 1. The third kappa shape index (κ3) is 3.58. The number of aromatic amines is 1. The second-order valence-corrected chi connectivity index (χ2v) is 9.51. The minimum atomic E-state index is 0.0376. The summed E-state index contributed by atoms with van der Waals surface area (Å²) in [6, 6.07) is 17.9. The van der Waals surface area contributed by atoms with Crippen LogP contribution in [0, 0.1) is 0 Å². The summed E-state index contributed by atoms with van der Waals surface area (Å²) in [5.41, 5.74) is 4.17. The van der Waals surface area contributed by atoms with Crippen LogP contribution in [0.5, 0.6) is 5.75 Å². The van der Waals surface area contributed by atoms with Gasteiger partial charge in [0.2, 0.25) is 5.91 Å². The number of nitrogens with zero attached hydrogens (tertiary/aromatic N) is 2. The van der Waals surface area contributed by atoms with E-state index in [0.29, 0.717) is 39.2 Å². The second kappa shape index (κ2) is 8.08. The van der Waals surface area contributed by atoms with Gasteiger partial charge in [0, 0.05) is 59.3 Å². The second-order valence-electron chi connectivity index (χ2n) is 8.46. The van der Waals surface area contributed by atoms with Crippen molar-refractivity contribution in [3.63, 3.8) is 0 Å². The number of benzene rings is 2. The fraction of sp³-hybridized carbons (Fsp3) is 0.231. The van der Waals surface area contributed by atoms with Gasteiger partial charge in [0.05, 0.1) is 11.3 Å². The quantitative estimate of drug-likeness (QED) is 0.498. The smallest absolute Gasteiger partial charge is 0.264 e. The normalized spacial score (nSPS) is 15.2. The summed E-state index contributed by atoms with van der Waals surface area (Å²) >= 11 is 1.54. The van der Waals surface area contributed by atoms with Crippen molar-refractivity contribution in [2.75, 3.05) is 26.2 Å². The molecule has 2 aromatic carbocycles. The van der Waals surface area contributed by atoms with Gasteiger partial charge in [0.1, 0.15) is 12.4 Å². The summed E-state index contributed by atoms with van der Waals surface area (Å²) in [5, 5.41) is 1.09. The summed E-state index contributed by atoms with van der Waals surface area (Å²) in [6.45, 7) is 2.71. The molecule has 1 fully saturated rings. The van der Waals surface area contributed by atoms with E-state index >= 15 is 0 Å². The Balaban J connectivity index is 1.11. The van der Waals surface area contributed by atoms with Crippen molar-refractivity contribution in [3.05, 3.63) is 76.8 Å². The average molecular weight is 458 g/mol. The molecule has 7 heteroatoms. The van der Waals surface area contributed by atoms with E-state index in [1.54, 1.807) is 0 Å². The summed E-state index contributed by atoms with van der Waals surface area (Å²) < 4.78 is 5.83. The molecular formula is C26H23N3O3S. The topological polar surface area (TPSA) is 65.6 Å². The van der Waals surface area contributed by atoms with Crippen LogP contribution < -0.4 is 4.74 Å². The van der Waals surface area contributed by atoms with E-state index in [1.165, 1.54) is 11.3 Å². The van der Waals surface area contributed by atoms with Crippen molar-refractivity contribution in [1.82, 2.24) is 14.8 Å². The molecule has 0 bridgehead atoms. The number of fused-ring (bicyclic) bond motifs is 4. The molecule has 0 unspecified atom stereocenters. The van der Waals surface area contributed by atoms with Gasteiger partial charge in [-0.2, -0.15) is 0 Å². The van der Waals surface area contributed by atoms with E-state index in [-0.39, 0.29) is 11.8 Å². The molecule has 2 aliphatic rings. The van der Waals surface area contributed by atoms with Crippen LogP contribution in [0.25, 0.3) is 21.3 Å². The Morgan fingerprint density at radius 1 is 0.970 bits per heavy atom. The van der Waals surface area contributed by atoms with E-state index < -0.39 is 0 Å². The molecule has 2 aromatic heterocycles. The van der Waals surface area contributed by atoms with E-state index in [1.807, 2.05) is 70.6 Å². The fourth-order valence-electron chi connectivity index (χ4n) is 4.67. The standard InChI is InChI=1S/C26H23N3O3S/c30-24(14-17-15-27-21-7-3-1-5-19(17)21)28-9-11-29(12-10-28)26(31)23-13-18-16-32-22-8-4-2-6-20(22)25(18)33-23/h1-8,13,15,27H,9-12,14,16H2. The third-order valence-electron chi connectivity index (χ3n) is 6.47. The molecule has 4 heterocycles. The summed E-state index contributed by atoms with van der Waals surface area (Å²) in [6.07, 6.45) is 2.29. The summed E-state index contributed by atoms with van der Waals surface area (Å²) in [4.78, 5) is 34.9. The molecule has 166 valence electrons. The lowest BCUT2D eigenvalue weighted by Crippen LogP contribution is -2.50. The van der Waals surface area contributed by atoms with Crippen molar-refractivity contribution >= 4 is 34.1 Å². The molecule has 1 N–H and O–H groups in total. The molecule has 6 nitrogen and oxygen atoms in total. The molecule has 0 spiro atoms. The molecule has 33 heavy (non-hydrogen) atoms. The molecule has 0 saturated carbocycles. The van der Waals surface area contributed by atoms with Gasteiger partial charge in [0.25, 0.3) is 5.91 Å². The van der Waals surface area contributed by atoms with Crippen molar-refractivity contribution in [2.45, 2.75) is 13.0 Å². The molecule has 4 aromatic rings. The van der Waals surface area contributed by atoms with Crippen molar-refractivity contribution in [1.29, 1.82) is 0 Å². The number of para-hydroxylation sites is 2. The first-order valence-corrected chi connectivity index (χ1v) is 12.0. The zero-order valence-corrected chi connectivity index (χ0v) is 18.9. The van der Waals surface area contributed by atoms with Gasteiger partial charge in [-0.05, 0) is 29.8 Å². The molecule has 6 rings (SSSR count). The van der Waals surface area contributed by atoms with Gasteiger partial charge >= 0.3 is 0 Å². The SMILES string of the molecule is O=C(Cc1c[nH]c2ccccc12)N1CCN(C(=O)c2cc3c(s2)-c2ccccc2OC3)CC1. The number of thiophene rings is 1. The lowest BCUT2D eigenvalue weighted by molar-refractivity contribution is -0.131. The lowest BCUT2D eigenvalue weighted by atomic mass is 10.1. The van der Waals surface area contributed by atoms with Crippen LogP contribution in [0.4, 0.5) is 0 Å². The van der Waals surface area contributed by atoms with E-state index in [0.717, 1.165) is 43.1 Å². The summed E-state index contributed by atoms with van der Waals surface area (Å²) in [5.74, 6) is 1.01. The monoisotopic (exact) mass is 457 g/mol. The number of H-pyrrole nitrogens is 1. The number of aromatic nitrogens is 1. The van der Waals surface area contributed by atoms with E-state index in [9.17, 15) is 9.59 Å². The summed E-state index contributed by atoms with van der Waals surface area (Å²) in [7, 11) is 0. The van der Waals surface area contributed by atoms with Crippen molar-refractivity contribution < 1.29 is 14.3 Å². The van der Waals surface area contributed by atoms with Gasteiger partial charge in [-0.3, -0.25) is 9.59 Å². The zero-order valence-electron chi connectivity index (χ0n) is 18.0. The van der Waals surface area contributed by atoms with Gasteiger partial charge in [-0.1, -0.05) is 30.3 Å². The van der Waals surface area contributed by atoms with Gasteiger partial charge < -0.3 is 19.5 Å². The molecule has 2 amide bonds. The van der Waals surface area contributed by atoms with Crippen molar-refractivity contribution in [2.24, 2.45) is 0 Å². The van der Waals surface area contributed by atoms with Crippen LogP contribution in [0.2, 0.25) is 0 Å². The number of nitrogens with one attached hydrogen (secondary N) is 1. The van der Waals surface area contributed by atoms with Gasteiger partial charge in [-0.25, -0.2) is 0 Å². The van der Waals surface area contributed by atoms with E-state index in [4.69, 9.17) is 4.74 Å². The van der Waals surface area contributed by atoms with Crippen LogP contribution in [0.1, 0.15) is 20.8 Å². The Bertz CT molecular complexity index is 1360. The maximum Gasteiger partial charge on any atom is 0.264 e. The highest BCUT2D eigenvalue weighted by Crippen LogP contribution is 2.42. The first-order valence-electron chi connectivity index (χ1n) is 11.1. The number of amides is 2. The van der Waals surface area contributed by atoms with Crippen LogP contribution in [0.3, 0.4) is 0 Å². The molecule has 2 aliphatic heterocycles. The Morgan fingerprint density at radius 3 is 2.61 bits per heavy atom. The maximum absolute atomic E-state index is 13.2.